The average Bonchev–Trinajstić information content (AvgIpc) is 2.68. The van der Waals surface area contributed by atoms with E-state index in [1.165, 1.54) is 16.1 Å². The molecule has 0 radical (unpaired) electrons. The lowest BCUT2D eigenvalue weighted by Gasteiger charge is -2.29. The Bertz CT molecular complexity index is 727. The number of carbonyl (C=O) groups is 1. The van der Waals surface area contributed by atoms with E-state index in [1.807, 2.05) is 19.2 Å². The first-order valence-electron chi connectivity index (χ1n) is 8.97. The minimum Gasteiger partial charge on any atom is -0.378 e. The van der Waals surface area contributed by atoms with Gasteiger partial charge in [-0.3, -0.25) is 4.79 Å². The summed E-state index contributed by atoms with van der Waals surface area (Å²) in [4.78, 5) is 17.7. The molecule has 3 rings (SSSR count). The molecule has 0 N–H and O–H groups in total. The van der Waals surface area contributed by atoms with E-state index >= 15 is 0 Å². The zero-order valence-corrected chi connectivity index (χ0v) is 16.3. The molecular weight excluding hydrogens is 344 g/mol. The van der Waals surface area contributed by atoms with E-state index in [1.54, 1.807) is 16.7 Å². The van der Waals surface area contributed by atoms with Gasteiger partial charge in [0.1, 0.15) is 0 Å². The second-order valence-electron chi connectivity index (χ2n) is 6.57. The summed E-state index contributed by atoms with van der Waals surface area (Å²) in [5.74, 6) is 0.614. The van der Waals surface area contributed by atoms with Gasteiger partial charge >= 0.3 is 0 Å². The van der Waals surface area contributed by atoms with Crippen molar-refractivity contribution >= 4 is 23.4 Å². The average molecular weight is 371 g/mol. The lowest BCUT2D eigenvalue weighted by molar-refractivity contribution is -0.127. The SMILES string of the molecule is Cc1ccccc1SCC(=O)N(C)Cc1ccc(N2CCOCC2)cc1. The van der Waals surface area contributed by atoms with Gasteiger partial charge in [0.2, 0.25) is 5.91 Å². The summed E-state index contributed by atoms with van der Waals surface area (Å²) in [6, 6.07) is 16.7. The molecule has 0 spiro atoms. The number of aryl methyl sites for hydroxylation is 1. The first kappa shape index (κ1) is 18.8. The lowest BCUT2D eigenvalue weighted by atomic mass is 10.2. The molecule has 138 valence electrons. The molecule has 0 aromatic heterocycles. The molecule has 26 heavy (non-hydrogen) atoms. The van der Waals surface area contributed by atoms with Gasteiger partial charge in [-0.15, -0.1) is 11.8 Å². The molecule has 0 unspecified atom stereocenters. The second-order valence-corrected chi connectivity index (χ2v) is 7.59. The Kier molecular flexibility index (Phi) is 6.58. The van der Waals surface area contributed by atoms with Crippen molar-refractivity contribution in [3.63, 3.8) is 0 Å². The molecule has 1 heterocycles. The molecule has 4 nitrogen and oxygen atoms in total. The summed E-state index contributed by atoms with van der Waals surface area (Å²) in [5.41, 5.74) is 3.59. The van der Waals surface area contributed by atoms with Crippen LogP contribution in [0, 0.1) is 6.92 Å². The number of benzene rings is 2. The molecule has 2 aromatic rings. The minimum atomic E-state index is 0.149. The highest BCUT2D eigenvalue weighted by atomic mass is 32.2. The second kappa shape index (κ2) is 9.10. The molecule has 0 aliphatic carbocycles. The van der Waals surface area contributed by atoms with E-state index in [0.717, 1.165) is 31.9 Å². The van der Waals surface area contributed by atoms with Crippen LogP contribution in [0.2, 0.25) is 0 Å². The van der Waals surface area contributed by atoms with Crippen LogP contribution in [0.25, 0.3) is 0 Å². The number of hydrogen-bond donors (Lipinski definition) is 0. The van der Waals surface area contributed by atoms with Crippen molar-refractivity contribution in [1.29, 1.82) is 0 Å². The van der Waals surface area contributed by atoms with Crippen molar-refractivity contribution < 1.29 is 9.53 Å². The maximum Gasteiger partial charge on any atom is 0.232 e. The summed E-state index contributed by atoms with van der Waals surface area (Å²) in [7, 11) is 1.87. The van der Waals surface area contributed by atoms with E-state index in [0.29, 0.717) is 12.3 Å². The van der Waals surface area contributed by atoms with Crippen LogP contribution in [-0.2, 0) is 16.1 Å². The van der Waals surface area contributed by atoms with Crippen molar-refractivity contribution in [2.45, 2.75) is 18.4 Å². The molecule has 1 fully saturated rings. The topological polar surface area (TPSA) is 32.8 Å². The predicted molar refractivity (Wildman–Crippen MR) is 108 cm³/mol. The fourth-order valence-corrected chi connectivity index (χ4v) is 3.93. The molecule has 2 aromatic carbocycles. The zero-order chi connectivity index (χ0) is 18.4. The Balaban J connectivity index is 1.51. The van der Waals surface area contributed by atoms with Crippen molar-refractivity contribution in [2.75, 3.05) is 44.0 Å². The highest BCUT2D eigenvalue weighted by molar-refractivity contribution is 8.00. The number of morpholine rings is 1. The van der Waals surface area contributed by atoms with Crippen LogP contribution < -0.4 is 4.90 Å². The van der Waals surface area contributed by atoms with E-state index in [4.69, 9.17) is 4.74 Å². The van der Waals surface area contributed by atoms with Crippen LogP contribution in [-0.4, -0.2) is 49.9 Å². The van der Waals surface area contributed by atoms with Crippen LogP contribution in [0.15, 0.2) is 53.4 Å². The van der Waals surface area contributed by atoms with Gasteiger partial charge in [-0.05, 0) is 36.2 Å². The van der Waals surface area contributed by atoms with Crippen LogP contribution in [0.5, 0.6) is 0 Å². The lowest BCUT2D eigenvalue weighted by Crippen LogP contribution is -2.36. The Morgan fingerprint density at radius 3 is 2.50 bits per heavy atom. The summed E-state index contributed by atoms with van der Waals surface area (Å²) in [5, 5.41) is 0. The number of anilines is 1. The molecule has 5 heteroatoms. The molecule has 1 saturated heterocycles. The number of ether oxygens (including phenoxy) is 1. The number of amides is 1. The number of rotatable bonds is 6. The largest absolute Gasteiger partial charge is 0.378 e. The summed E-state index contributed by atoms with van der Waals surface area (Å²) < 4.78 is 5.40. The quantitative estimate of drug-likeness (QED) is 0.728. The van der Waals surface area contributed by atoms with Gasteiger partial charge in [-0.2, -0.15) is 0 Å². The van der Waals surface area contributed by atoms with E-state index in [-0.39, 0.29) is 5.91 Å². The van der Waals surface area contributed by atoms with Gasteiger partial charge in [0, 0.05) is 37.3 Å². The van der Waals surface area contributed by atoms with Gasteiger partial charge in [0.25, 0.3) is 0 Å². The summed E-state index contributed by atoms with van der Waals surface area (Å²) in [6.45, 7) is 6.17. The maximum atomic E-state index is 12.4. The van der Waals surface area contributed by atoms with Gasteiger partial charge in [-0.1, -0.05) is 30.3 Å². The Morgan fingerprint density at radius 1 is 1.12 bits per heavy atom. The molecular formula is C21H26N2O2S. The van der Waals surface area contributed by atoms with Crippen LogP contribution >= 0.6 is 11.8 Å². The van der Waals surface area contributed by atoms with Gasteiger partial charge < -0.3 is 14.5 Å². The van der Waals surface area contributed by atoms with Gasteiger partial charge in [-0.25, -0.2) is 0 Å². The van der Waals surface area contributed by atoms with E-state index < -0.39 is 0 Å². The first-order valence-corrected chi connectivity index (χ1v) is 9.96. The minimum absolute atomic E-state index is 0.149. The van der Waals surface area contributed by atoms with E-state index in [9.17, 15) is 4.79 Å². The van der Waals surface area contributed by atoms with E-state index in [2.05, 4.69) is 48.2 Å². The summed E-state index contributed by atoms with van der Waals surface area (Å²) >= 11 is 1.61. The fraction of sp³-hybridized carbons (Fsp3) is 0.381. The van der Waals surface area contributed by atoms with Crippen molar-refractivity contribution in [2.24, 2.45) is 0 Å². The van der Waals surface area contributed by atoms with Gasteiger partial charge in [0.05, 0.1) is 19.0 Å². The molecule has 0 bridgehead atoms. The maximum absolute atomic E-state index is 12.4. The molecule has 1 amide bonds. The van der Waals surface area contributed by atoms with Crippen LogP contribution in [0.1, 0.15) is 11.1 Å². The first-order chi connectivity index (χ1) is 12.6. The zero-order valence-electron chi connectivity index (χ0n) is 15.5. The highest BCUT2D eigenvalue weighted by Crippen LogP contribution is 2.22. The molecule has 1 aliphatic rings. The Hall–Kier alpha value is -1.98. The normalized spacial score (nSPS) is 14.3. The monoisotopic (exact) mass is 370 g/mol. The fourth-order valence-electron chi connectivity index (χ4n) is 2.96. The molecule has 1 aliphatic heterocycles. The third-order valence-electron chi connectivity index (χ3n) is 4.60. The van der Waals surface area contributed by atoms with Crippen LogP contribution in [0.3, 0.4) is 0 Å². The summed E-state index contributed by atoms with van der Waals surface area (Å²) in [6.07, 6.45) is 0. The molecule has 0 atom stereocenters. The third-order valence-corrected chi connectivity index (χ3v) is 5.76. The highest BCUT2D eigenvalue weighted by Gasteiger charge is 2.13. The van der Waals surface area contributed by atoms with Crippen molar-refractivity contribution in [3.8, 4) is 0 Å². The molecule has 0 saturated carbocycles. The Labute approximate surface area is 160 Å². The number of thioether (sulfide) groups is 1. The standard InChI is InChI=1S/C21H26N2O2S/c1-17-5-3-4-6-20(17)26-16-21(24)22(2)15-18-7-9-19(10-8-18)23-11-13-25-14-12-23/h3-10H,11-16H2,1-2H3. The number of nitrogens with zero attached hydrogens (tertiary/aromatic N) is 2. The van der Waals surface area contributed by atoms with Crippen molar-refractivity contribution in [1.82, 2.24) is 4.90 Å². The number of hydrogen-bond acceptors (Lipinski definition) is 4. The Morgan fingerprint density at radius 2 is 1.81 bits per heavy atom. The number of carbonyl (C=O) groups excluding carboxylic acids is 1. The van der Waals surface area contributed by atoms with Crippen LogP contribution in [0.4, 0.5) is 5.69 Å². The van der Waals surface area contributed by atoms with Crippen molar-refractivity contribution in [3.05, 3.63) is 59.7 Å². The predicted octanol–water partition coefficient (Wildman–Crippen LogP) is 3.58. The smallest absolute Gasteiger partial charge is 0.232 e. The van der Waals surface area contributed by atoms with Gasteiger partial charge in [0.15, 0.2) is 0 Å². The third kappa shape index (κ3) is 5.02.